The molecule has 1 spiro atoms. The maximum atomic E-state index is 2.68. The first-order chi connectivity index (χ1) is 26.7. The lowest BCUT2D eigenvalue weighted by Gasteiger charge is -2.61. The minimum Gasteiger partial charge on any atom is -0.310 e. The zero-order valence-corrected chi connectivity index (χ0v) is 33.0. The van der Waals surface area contributed by atoms with Gasteiger partial charge in [-0.05, 0) is 165 Å². The van der Waals surface area contributed by atoms with Crippen molar-refractivity contribution in [2.75, 3.05) is 4.90 Å². The van der Waals surface area contributed by atoms with Crippen LogP contribution in [0.2, 0.25) is 0 Å². The fourth-order valence-corrected chi connectivity index (χ4v) is 13.0. The molecule has 55 heavy (non-hydrogen) atoms. The van der Waals surface area contributed by atoms with Crippen molar-refractivity contribution < 1.29 is 0 Å². The standard InChI is InChI=1S/C54H53N/c1-52(2)27-28-53(3,4)51-48(52)19-12-20-50(51)55(41-23-21-38(22-24-41)44-16-9-8-15-43(44)37-13-6-5-7-14-37)42-25-26-46-45-17-10-11-18-47(45)54(49(46)34-42)39-30-35-29-36(32-39)33-40(54)31-35/h5-26,34-36,39-40H,27-33H2,1-4H3. The van der Waals surface area contributed by atoms with E-state index in [0.717, 1.165) is 23.7 Å². The highest BCUT2D eigenvalue weighted by Gasteiger charge is 2.61. The lowest BCUT2D eigenvalue weighted by molar-refractivity contribution is -0.0399. The van der Waals surface area contributed by atoms with Crippen molar-refractivity contribution in [1.82, 2.24) is 0 Å². The molecule has 6 aliphatic carbocycles. The van der Waals surface area contributed by atoms with Gasteiger partial charge in [-0.15, -0.1) is 0 Å². The van der Waals surface area contributed by atoms with Crippen LogP contribution in [-0.2, 0) is 16.2 Å². The van der Waals surface area contributed by atoms with Gasteiger partial charge in [0.25, 0.3) is 0 Å². The molecular formula is C54H53N. The Labute approximate surface area is 328 Å². The molecule has 0 amide bonds. The van der Waals surface area contributed by atoms with E-state index in [1.54, 1.807) is 11.1 Å². The molecule has 0 saturated heterocycles. The molecule has 0 unspecified atom stereocenters. The van der Waals surface area contributed by atoms with Crippen molar-refractivity contribution in [3.63, 3.8) is 0 Å². The smallest absolute Gasteiger partial charge is 0.0502 e. The number of rotatable bonds is 5. The van der Waals surface area contributed by atoms with Crippen LogP contribution in [0.4, 0.5) is 17.1 Å². The third-order valence-electron chi connectivity index (χ3n) is 15.3. The maximum Gasteiger partial charge on any atom is 0.0502 e. The van der Waals surface area contributed by atoms with Gasteiger partial charge in [0, 0.05) is 16.8 Å². The van der Waals surface area contributed by atoms with Gasteiger partial charge in [-0.3, -0.25) is 0 Å². The van der Waals surface area contributed by atoms with Gasteiger partial charge in [0.2, 0.25) is 0 Å². The van der Waals surface area contributed by atoms with E-state index in [-0.39, 0.29) is 16.2 Å². The van der Waals surface area contributed by atoms with E-state index in [0.29, 0.717) is 0 Å². The van der Waals surface area contributed by atoms with Crippen LogP contribution in [0, 0.1) is 23.7 Å². The number of anilines is 3. The highest BCUT2D eigenvalue weighted by Crippen LogP contribution is 2.69. The summed E-state index contributed by atoms with van der Waals surface area (Å²) in [6.45, 7) is 9.87. The van der Waals surface area contributed by atoms with Crippen LogP contribution in [0.25, 0.3) is 33.4 Å². The molecule has 12 rings (SSSR count). The lowest BCUT2D eigenvalue weighted by atomic mass is 9.43. The SMILES string of the molecule is CC1(C)CCC(C)(C)c2c(N(c3ccc(-c4ccccc4-c4ccccc4)cc3)c3ccc4c(c3)C3(c5ccccc5-4)C4CC5CC(C4)CC3C5)cccc21. The van der Waals surface area contributed by atoms with E-state index in [9.17, 15) is 0 Å². The van der Waals surface area contributed by atoms with Crippen LogP contribution in [-0.4, -0.2) is 0 Å². The highest BCUT2D eigenvalue weighted by molar-refractivity contribution is 5.89. The van der Waals surface area contributed by atoms with Crippen molar-refractivity contribution in [2.24, 2.45) is 23.7 Å². The van der Waals surface area contributed by atoms with Crippen LogP contribution in [0.15, 0.2) is 140 Å². The summed E-state index contributed by atoms with van der Waals surface area (Å²) in [4.78, 5) is 2.64. The van der Waals surface area contributed by atoms with Gasteiger partial charge < -0.3 is 4.90 Å². The average molecular weight is 716 g/mol. The molecule has 1 nitrogen and oxygen atoms in total. The molecule has 0 aliphatic heterocycles. The summed E-state index contributed by atoms with van der Waals surface area (Å²) in [5.41, 5.74) is 18.4. The lowest BCUT2D eigenvalue weighted by Crippen LogP contribution is -2.55. The third kappa shape index (κ3) is 4.90. The monoisotopic (exact) mass is 715 g/mol. The molecule has 6 aromatic rings. The Balaban J connectivity index is 1.11. The Morgan fingerprint density at radius 2 is 0.982 bits per heavy atom. The van der Waals surface area contributed by atoms with Gasteiger partial charge in [-0.25, -0.2) is 0 Å². The van der Waals surface area contributed by atoms with Crippen LogP contribution < -0.4 is 4.90 Å². The van der Waals surface area contributed by atoms with E-state index in [1.807, 2.05) is 0 Å². The topological polar surface area (TPSA) is 3.24 Å². The first-order valence-electron chi connectivity index (χ1n) is 21.2. The van der Waals surface area contributed by atoms with Crippen molar-refractivity contribution in [3.8, 4) is 33.4 Å². The van der Waals surface area contributed by atoms with E-state index in [4.69, 9.17) is 0 Å². The predicted molar refractivity (Wildman–Crippen MR) is 231 cm³/mol. The molecule has 0 radical (unpaired) electrons. The minimum absolute atomic E-state index is 0.0594. The van der Waals surface area contributed by atoms with Crippen LogP contribution >= 0.6 is 0 Å². The summed E-state index contributed by atoms with van der Waals surface area (Å²) in [6, 6.07) is 53.5. The Bertz CT molecular complexity index is 2420. The van der Waals surface area contributed by atoms with Crippen molar-refractivity contribution in [1.29, 1.82) is 0 Å². The summed E-state index contributed by atoms with van der Waals surface area (Å²) in [6.07, 6.45) is 9.46. The molecule has 4 bridgehead atoms. The molecule has 0 heterocycles. The Hall–Kier alpha value is -4.88. The molecule has 274 valence electrons. The Morgan fingerprint density at radius 1 is 0.436 bits per heavy atom. The maximum absolute atomic E-state index is 2.68. The fourth-order valence-electron chi connectivity index (χ4n) is 13.0. The zero-order valence-electron chi connectivity index (χ0n) is 33.0. The highest BCUT2D eigenvalue weighted by atomic mass is 15.1. The van der Waals surface area contributed by atoms with Gasteiger partial charge in [0.05, 0.1) is 5.69 Å². The second-order valence-corrected chi connectivity index (χ2v) is 19.2. The number of hydrogen-bond donors (Lipinski definition) is 0. The molecule has 6 aliphatic rings. The van der Waals surface area contributed by atoms with Gasteiger partial charge in [-0.2, -0.15) is 0 Å². The third-order valence-corrected chi connectivity index (χ3v) is 15.3. The van der Waals surface area contributed by atoms with Crippen molar-refractivity contribution in [2.45, 2.75) is 88.9 Å². The second kappa shape index (κ2) is 12.1. The van der Waals surface area contributed by atoms with Crippen molar-refractivity contribution >= 4 is 17.1 Å². The van der Waals surface area contributed by atoms with Gasteiger partial charge in [0.15, 0.2) is 0 Å². The number of hydrogen-bond acceptors (Lipinski definition) is 1. The summed E-state index contributed by atoms with van der Waals surface area (Å²) in [5, 5.41) is 0. The normalized spacial score (nSPS) is 26.0. The van der Waals surface area contributed by atoms with Crippen LogP contribution in [0.3, 0.4) is 0 Å². The van der Waals surface area contributed by atoms with Gasteiger partial charge in [-0.1, -0.05) is 137 Å². The van der Waals surface area contributed by atoms with Crippen LogP contribution in [0.1, 0.15) is 94.9 Å². The molecule has 4 saturated carbocycles. The molecule has 1 heteroatoms. The Morgan fingerprint density at radius 3 is 1.67 bits per heavy atom. The zero-order chi connectivity index (χ0) is 37.1. The summed E-state index contributed by atoms with van der Waals surface area (Å²) in [5.74, 6) is 3.33. The van der Waals surface area contributed by atoms with Crippen LogP contribution in [0.5, 0.6) is 0 Å². The van der Waals surface area contributed by atoms with Gasteiger partial charge >= 0.3 is 0 Å². The summed E-state index contributed by atoms with van der Waals surface area (Å²) >= 11 is 0. The number of fused-ring (bicyclic) bond motifs is 4. The quantitative estimate of drug-likeness (QED) is 0.172. The van der Waals surface area contributed by atoms with E-state index < -0.39 is 0 Å². The second-order valence-electron chi connectivity index (χ2n) is 19.2. The minimum atomic E-state index is 0.0594. The summed E-state index contributed by atoms with van der Waals surface area (Å²) < 4.78 is 0. The molecule has 4 fully saturated rings. The Kier molecular flexibility index (Phi) is 7.34. The van der Waals surface area contributed by atoms with Crippen molar-refractivity contribution in [3.05, 3.63) is 162 Å². The average Bonchev–Trinajstić information content (AvgIpc) is 3.49. The molecule has 6 aromatic carbocycles. The van der Waals surface area contributed by atoms with E-state index >= 15 is 0 Å². The molecular weight excluding hydrogens is 663 g/mol. The van der Waals surface area contributed by atoms with Gasteiger partial charge in [0.1, 0.15) is 0 Å². The first kappa shape index (κ1) is 33.5. The number of nitrogens with zero attached hydrogens (tertiary/aromatic N) is 1. The van der Waals surface area contributed by atoms with E-state index in [1.165, 1.54) is 107 Å². The largest absolute Gasteiger partial charge is 0.310 e. The summed E-state index contributed by atoms with van der Waals surface area (Å²) in [7, 11) is 0. The number of benzene rings is 6. The first-order valence-corrected chi connectivity index (χ1v) is 21.2. The predicted octanol–water partition coefficient (Wildman–Crippen LogP) is 14.6. The molecule has 0 N–H and O–H groups in total. The van der Waals surface area contributed by atoms with E-state index in [2.05, 4.69) is 172 Å². The molecule has 0 aromatic heterocycles. The fraction of sp³-hybridized carbons (Fsp3) is 0.333. The molecule has 0 atom stereocenters.